The Morgan fingerprint density at radius 1 is 1.57 bits per heavy atom. The molecule has 0 aromatic carbocycles. The van der Waals surface area contributed by atoms with E-state index in [2.05, 4.69) is 5.10 Å². The lowest BCUT2D eigenvalue weighted by Crippen LogP contribution is -2.06. The Morgan fingerprint density at radius 2 is 2.14 bits per heavy atom. The molecule has 0 radical (unpaired) electrons. The molecule has 0 unspecified atom stereocenters. The number of hydrogen-bond donors (Lipinski definition) is 2. The standard InChI is InChI=1S/C6H4ClF3N2O2/c7-4-2(1-3(13)14)11-12-5(4)6(8,9)10/h1H2,(H,11,12)(H,13,14). The van der Waals surface area contributed by atoms with Gasteiger partial charge in [0.1, 0.15) is 0 Å². The van der Waals surface area contributed by atoms with Crippen LogP contribution >= 0.6 is 11.6 Å². The van der Waals surface area contributed by atoms with Crippen molar-refractivity contribution >= 4 is 17.6 Å². The van der Waals surface area contributed by atoms with Crippen LogP contribution < -0.4 is 0 Å². The highest BCUT2D eigenvalue weighted by Gasteiger charge is 2.37. The van der Waals surface area contributed by atoms with Crippen LogP contribution in [0.15, 0.2) is 0 Å². The molecule has 1 aromatic heterocycles. The molecule has 2 N–H and O–H groups in total. The van der Waals surface area contributed by atoms with E-state index < -0.39 is 29.3 Å². The van der Waals surface area contributed by atoms with Gasteiger partial charge in [0.25, 0.3) is 0 Å². The molecule has 78 valence electrons. The lowest BCUT2D eigenvalue weighted by molar-refractivity contribution is -0.141. The zero-order valence-electron chi connectivity index (χ0n) is 6.52. The van der Waals surface area contributed by atoms with E-state index >= 15 is 0 Å². The summed E-state index contributed by atoms with van der Waals surface area (Å²) in [6.45, 7) is 0. The van der Waals surface area contributed by atoms with Crippen molar-refractivity contribution < 1.29 is 23.1 Å². The minimum absolute atomic E-state index is 0.258. The number of H-pyrrole nitrogens is 1. The monoisotopic (exact) mass is 228 g/mol. The number of aromatic amines is 1. The fourth-order valence-electron chi connectivity index (χ4n) is 0.821. The molecule has 0 saturated heterocycles. The van der Waals surface area contributed by atoms with E-state index in [1.165, 1.54) is 0 Å². The SMILES string of the molecule is O=C(O)Cc1[nH]nc(C(F)(F)F)c1Cl. The summed E-state index contributed by atoms with van der Waals surface area (Å²) in [7, 11) is 0. The molecular weight excluding hydrogens is 225 g/mol. The van der Waals surface area contributed by atoms with Crippen molar-refractivity contribution in [2.24, 2.45) is 0 Å². The molecule has 1 rings (SSSR count). The molecule has 0 aliphatic rings. The maximum absolute atomic E-state index is 12.1. The second-order valence-corrected chi connectivity index (χ2v) is 2.81. The van der Waals surface area contributed by atoms with Crippen LogP contribution in [0.2, 0.25) is 5.02 Å². The van der Waals surface area contributed by atoms with Crippen molar-refractivity contribution in [2.45, 2.75) is 12.6 Å². The van der Waals surface area contributed by atoms with E-state index in [1.807, 2.05) is 5.10 Å². The first-order valence-electron chi connectivity index (χ1n) is 3.34. The summed E-state index contributed by atoms with van der Waals surface area (Å²) in [5.41, 5.74) is -1.55. The van der Waals surface area contributed by atoms with Crippen LogP contribution in [0.1, 0.15) is 11.4 Å². The lowest BCUT2D eigenvalue weighted by Gasteiger charge is -2.01. The third-order valence-electron chi connectivity index (χ3n) is 1.37. The van der Waals surface area contributed by atoms with E-state index in [1.54, 1.807) is 0 Å². The van der Waals surface area contributed by atoms with Crippen LogP contribution in [0.25, 0.3) is 0 Å². The highest BCUT2D eigenvalue weighted by atomic mass is 35.5. The van der Waals surface area contributed by atoms with Gasteiger partial charge < -0.3 is 5.11 Å². The average Bonchev–Trinajstić information content (AvgIpc) is 2.30. The van der Waals surface area contributed by atoms with Crippen molar-refractivity contribution in [1.29, 1.82) is 0 Å². The highest BCUT2D eigenvalue weighted by Crippen LogP contribution is 2.34. The van der Waals surface area contributed by atoms with Crippen LogP contribution in [0.5, 0.6) is 0 Å². The fraction of sp³-hybridized carbons (Fsp3) is 0.333. The number of alkyl halides is 3. The molecule has 0 atom stereocenters. The Kier molecular flexibility index (Phi) is 2.70. The summed E-state index contributed by atoms with van der Waals surface area (Å²) in [5.74, 6) is -1.29. The van der Waals surface area contributed by atoms with Crippen LogP contribution in [0, 0.1) is 0 Å². The topological polar surface area (TPSA) is 66.0 Å². The molecule has 0 aliphatic heterocycles. The number of halogens is 4. The second-order valence-electron chi connectivity index (χ2n) is 2.43. The molecule has 14 heavy (non-hydrogen) atoms. The molecule has 0 bridgehead atoms. The molecule has 0 aliphatic carbocycles. The van der Waals surface area contributed by atoms with Gasteiger partial charge >= 0.3 is 12.1 Å². The van der Waals surface area contributed by atoms with E-state index in [0.29, 0.717) is 0 Å². The second kappa shape index (κ2) is 3.49. The molecule has 0 saturated carbocycles. The summed E-state index contributed by atoms with van der Waals surface area (Å²) in [6, 6.07) is 0. The zero-order chi connectivity index (χ0) is 10.9. The minimum atomic E-state index is -4.68. The van der Waals surface area contributed by atoms with E-state index in [0.717, 1.165) is 0 Å². The molecule has 1 aromatic rings. The van der Waals surface area contributed by atoms with Crippen molar-refractivity contribution in [3.05, 3.63) is 16.4 Å². The predicted molar refractivity (Wildman–Crippen MR) is 39.9 cm³/mol. The fourth-order valence-corrected chi connectivity index (χ4v) is 1.08. The number of rotatable bonds is 2. The van der Waals surface area contributed by atoms with Gasteiger partial charge in [-0.3, -0.25) is 9.89 Å². The van der Waals surface area contributed by atoms with Gasteiger partial charge in [0.2, 0.25) is 0 Å². The molecule has 8 heteroatoms. The summed E-state index contributed by atoms with van der Waals surface area (Å²) in [4.78, 5) is 10.2. The zero-order valence-corrected chi connectivity index (χ0v) is 7.28. The van der Waals surface area contributed by atoms with Gasteiger partial charge in [0.05, 0.1) is 17.1 Å². The normalized spacial score (nSPS) is 11.7. The third-order valence-corrected chi connectivity index (χ3v) is 1.78. The minimum Gasteiger partial charge on any atom is -0.481 e. The number of carboxylic acids is 1. The first-order valence-corrected chi connectivity index (χ1v) is 3.72. The number of nitrogens with zero attached hydrogens (tertiary/aromatic N) is 1. The van der Waals surface area contributed by atoms with E-state index in [9.17, 15) is 18.0 Å². The summed E-state index contributed by atoms with van der Waals surface area (Å²) in [5, 5.41) is 12.4. The molecule has 1 heterocycles. The van der Waals surface area contributed by atoms with Crippen LogP contribution in [0.3, 0.4) is 0 Å². The summed E-state index contributed by atoms with van der Waals surface area (Å²) in [6.07, 6.45) is -5.30. The Morgan fingerprint density at radius 3 is 2.50 bits per heavy atom. The number of aromatic nitrogens is 2. The predicted octanol–water partition coefficient (Wildman–Crippen LogP) is 1.71. The number of hydrogen-bond acceptors (Lipinski definition) is 2. The molecule has 0 amide bonds. The van der Waals surface area contributed by atoms with Gasteiger partial charge in [-0.2, -0.15) is 18.3 Å². The number of carboxylic acid groups (broad SMARTS) is 1. The first-order chi connectivity index (χ1) is 6.32. The van der Waals surface area contributed by atoms with Gasteiger partial charge in [-0.25, -0.2) is 0 Å². The van der Waals surface area contributed by atoms with Gasteiger partial charge in [0, 0.05) is 0 Å². The molecule has 4 nitrogen and oxygen atoms in total. The van der Waals surface area contributed by atoms with Gasteiger partial charge in [-0.1, -0.05) is 11.6 Å². The van der Waals surface area contributed by atoms with Gasteiger partial charge in [0.15, 0.2) is 5.69 Å². The highest BCUT2D eigenvalue weighted by molar-refractivity contribution is 6.32. The third kappa shape index (κ3) is 2.16. The first kappa shape index (κ1) is 10.8. The number of nitrogens with one attached hydrogen (secondary N) is 1. The van der Waals surface area contributed by atoms with Crippen LogP contribution in [0.4, 0.5) is 13.2 Å². The Balaban J connectivity index is 3.03. The van der Waals surface area contributed by atoms with E-state index in [4.69, 9.17) is 16.7 Å². The smallest absolute Gasteiger partial charge is 0.436 e. The number of aliphatic carboxylic acids is 1. The van der Waals surface area contributed by atoms with Crippen LogP contribution in [-0.2, 0) is 17.4 Å². The lowest BCUT2D eigenvalue weighted by atomic mass is 10.3. The largest absolute Gasteiger partial charge is 0.481 e. The van der Waals surface area contributed by atoms with Crippen molar-refractivity contribution in [3.63, 3.8) is 0 Å². The summed E-state index contributed by atoms with van der Waals surface area (Å²) < 4.78 is 36.3. The summed E-state index contributed by atoms with van der Waals surface area (Å²) >= 11 is 5.28. The Bertz CT molecular complexity index is 360. The van der Waals surface area contributed by atoms with Gasteiger partial charge in [-0.05, 0) is 0 Å². The van der Waals surface area contributed by atoms with Gasteiger partial charge in [-0.15, -0.1) is 0 Å². The Hall–Kier alpha value is -1.24. The van der Waals surface area contributed by atoms with Crippen molar-refractivity contribution in [3.8, 4) is 0 Å². The quantitative estimate of drug-likeness (QED) is 0.810. The van der Waals surface area contributed by atoms with Crippen molar-refractivity contribution in [1.82, 2.24) is 10.2 Å². The maximum atomic E-state index is 12.1. The van der Waals surface area contributed by atoms with E-state index in [-0.39, 0.29) is 5.69 Å². The maximum Gasteiger partial charge on any atom is 0.436 e. The Labute approximate surface area is 80.7 Å². The molecule has 0 fully saturated rings. The van der Waals surface area contributed by atoms with Crippen LogP contribution in [-0.4, -0.2) is 21.3 Å². The number of carbonyl (C=O) groups is 1. The molecular formula is C6H4ClF3N2O2. The average molecular weight is 229 g/mol. The van der Waals surface area contributed by atoms with Crippen molar-refractivity contribution in [2.75, 3.05) is 0 Å². The molecule has 0 spiro atoms.